The Hall–Kier alpha value is -2.22. The molecule has 0 bridgehead atoms. The average Bonchev–Trinajstić information content (AvgIpc) is 2.36. The summed E-state index contributed by atoms with van der Waals surface area (Å²) in [7, 11) is 1.32. The molecule has 1 unspecified atom stereocenters. The van der Waals surface area contributed by atoms with Gasteiger partial charge in [-0.1, -0.05) is 0 Å². The highest BCUT2D eigenvalue weighted by Crippen LogP contribution is 2.29. The van der Waals surface area contributed by atoms with E-state index in [-0.39, 0.29) is 6.04 Å². The summed E-state index contributed by atoms with van der Waals surface area (Å²) in [5.74, 6) is 0.225. The van der Waals surface area contributed by atoms with Crippen LogP contribution >= 0.6 is 0 Å². The van der Waals surface area contributed by atoms with E-state index < -0.39 is 5.97 Å². The lowest BCUT2D eigenvalue weighted by Crippen LogP contribution is -2.29. The van der Waals surface area contributed by atoms with Crippen LogP contribution in [0.4, 0.5) is 5.69 Å². The van der Waals surface area contributed by atoms with Gasteiger partial charge in [-0.15, -0.1) is 0 Å². The summed E-state index contributed by atoms with van der Waals surface area (Å²) in [5, 5.41) is 11.7. The number of rotatable bonds is 1. The van der Waals surface area contributed by atoms with Crippen LogP contribution in [0.5, 0.6) is 5.75 Å². The second-order valence-electron chi connectivity index (χ2n) is 3.34. The molecule has 16 heavy (non-hydrogen) atoms. The van der Waals surface area contributed by atoms with Gasteiger partial charge < -0.3 is 14.8 Å². The molecular weight excluding hydrogens is 208 g/mol. The second kappa shape index (κ2) is 4.11. The lowest BCUT2D eigenvalue weighted by molar-refractivity contribution is 0.0600. The van der Waals surface area contributed by atoms with Crippen molar-refractivity contribution in [1.82, 2.24) is 0 Å². The molecule has 5 nitrogen and oxygen atoms in total. The van der Waals surface area contributed by atoms with Crippen molar-refractivity contribution < 1.29 is 14.3 Å². The summed E-state index contributed by atoms with van der Waals surface area (Å²) >= 11 is 0. The molecule has 0 aromatic heterocycles. The van der Waals surface area contributed by atoms with E-state index >= 15 is 0 Å². The van der Waals surface area contributed by atoms with E-state index in [0.717, 1.165) is 0 Å². The fourth-order valence-corrected chi connectivity index (χ4v) is 1.49. The molecule has 82 valence electrons. The number of esters is 1. The Morgan fingerprint density at radius 1 is 1.69 bits per heavy atom. The third-order valence-corrected chi connectivity index (χ3v) is 2.29. The first-order valence-electron chi connectivity index (χ1n) is 4.76. The number of anilines is 1. The molecule has 1 aromatic carbocycles. The van der Waals surface area contributed by atoms with Gasteiger partial charge in [-0.05, 0) is 18.2 Å². The van der Waals surface area contributed by atoms with Crippen molar-refractivity contribution in [3.05, 3.63) is 23.8 Å². The molecule has 0 spiro atoms. The first-order chi connectivity index (χ1) is 7.74. The minimum atomic E-state index is -0.413. The molecule has 0 saturated heterocycles. The molecule has 1 heterocycles. The summed E-state index contributed by atoms with van der Waals surface area (Å²) in [5.41, 5.74) is 1.07. The quantitative estimate of drug-likeness (QED) is 0.716. The third-order valence-electron chi connectivity index (χ3n) is 2.29. The van der Waals surface area contributed by atoms with Crippen molar-refractivity contribution in [1.29, 1.82) is 5.26 Å². The minimum absolute atomic E-state index is 0.307. The van der Waals surface area contributed by atoms with Crippen LogP contribution in [0.1, 0.15) is 10.4 Å². The van der Waals surface area contributed by atoms with Crippen molar-refractivity contribution in [2.24, 2.45) is 0 Å². The molecule has 1 aliphatic heterocycles. The molecule has 0 aliphatic carbocycles. The monoisotopic (exact) mass is 218 g/mol. The molecule has 0 radical (unpaired) electrons. The molecule has 0 amide bonds. The summed E-state index contributed by atoms with van der Waals surface area (Å²) < 4.78 is 9.97. The van der Waals surface area contributed by atoms with Crippen LogP contribution in [-0.2, 0) is 4.74 Å². The Bertz CT molecular complexity index is 465. The lowest BCUT2D eigenvalue weighted by atomic mass is 10.1. The van der Waals surface area contributed by atoms with E-state index in [9.17, 15) is 4.79 Å². The van der Waals surface area contributed by atoms with Gasteiger partial charge in [0, 0.05) is 0 Å². The van der Waals surface area contributed by atoms with E-state index in [4.69, 9.17) is 10.00 Å². The van der Waals surface area contributed by atoms with Crippen LogP contribution in [0.15, 0.2) is 18.2 Å². The Morgan fingerprint density at radius 2 is 2.50 bits per heavy atom. The Kier molecular flexibility index (Phi) is 2.64. The zero-order chi connectivity index (χ0) is 11.5. The van der Waals surface area contributed by atoms with Gasteiger partial charge in [-0.2, -0.15) is 5.26 Å². The van der Waals surface area contributed by atoms with E-state index in [1.165, 1.54) is 7.11 Å². The number of benzene rings is 1. The van der Waals surface area contributed by atoms with Crippen molar-refractivity contribution in [2.75, 3.05) is 19.0 Å². The highest BCUT2D eigenvalue weighted by atomic mass is 16.5. The fraction of sp³-hybridized carbons (Fsp3) is 0.273. The predicted octanol–water partition coefficient (Wildman–Crippen LogP) is 1.17. The van der Waals surface area contributed by atoms with E-state index in [1.807, 2.05) is 0 Å². The van der Waals surface area contributed by atoms with Crippen molar-refractivity contribution in [3.63, 3.8) is 0 Å². The van der Waals surface area contributed by atoms with E-state index in [2.05, 4.69) is 16.1 Å². The fourth-order valence-electron chi connectivity index (χ4n) is 1.49. The first-order valence-corrected chi connectivity index (χ1v) is 4.76. The maximum atomic E-state index is 11.3. The summed E-state index contributed by atoms with van der Waals surface area (Å²) in [6.07, 6.45) is 0. The van der Waals surface area contributed by atoms with Gasteiger partial charge in [0.15, 0.2) is 0 Å². The lowest BCUT2D eigenvalue weighted by Gasteiger charge is -2.23. The predicted molar refractivity (Wildman–Crippen MR) is 56.3 cm³/mol. The molecule has 5 heteroatoms. The molecule has 1 aliphatic rings. The molecule has 0 fully saturated rings. The van der Waals surface area contributed by atoms with Crippen LogP contribution in [0.2, 0.25) is 0 Å². The maximum Gasteiger partial charge on any atom is 0.337 e. The van der Waals surface area contributed by atoms with Crippen LogP contribution in [0.25, 0.3) is 0 Å². The Labute approximate surface area is 92.6 Å². The number of fused-ring (bicyclic) bond motifs is 1. The largest absolute Gasteiger partial charge is 0.488 e. The molecule has 1 N–H and O–H groups in total. The van der Waals surface area contributed by atoms with E-state index in [1.54, 1.807) is 18.2 Å². The highest BCUT2D eigenvalue weighted by Gasteiger charge is 2.19. The van der Waals surface area contributed by atoms with Crippen molar-refractivity contribution >= 4 is 11.7 Å². The van der Waals surface area contributed by atoms with Gasteiger partial charge in [-0.25, -0.2) is 4.79 Å². The zero-order valence-electron chi connectivity index (χ0n) is 8.69. The number of nitriles is 1. The number of carbonyl (C=O) groups excluding carboxylic acids is 1. The van der Waals surface area contributed by atoms with Crippen LogP contribution < -0.4 is 10.1 Å². The van der Waals surface area contributed by atoms with Crippen LogP contribution in [0, 0.1) is 11.3 Å². The third kappa shape index (κ3) is 1.77. The topological polar surface area (TPSA) is 71.3 Å². The number of hydrogen-bond acceptors (Lipinski definition) is 5. The summed E-state index contributed by atoms with van der Waals surface area (Å²) in [6, 6.07) is 6.59. The van der Waals surface area contributed by atoms with Crippen molar-refractivity contribution in [2.45, 2.75) is 6.04 Å². The second-order valence-corrected chi connectivity index (χ2v) is 3.34. The zero-order valence-corrected chi connectivity index (χ0v) is 8.69. The number of methoxy groups -OCH3 is 1. The van der Waals surface area contributed by atoms with Gasteiger partial charge in [0.1, 0.15) is 18.4 Å². The number of hydrogen-bond donors (Lipinski definition) is 1. The molecule has 1 aromatic rings. The van der Waals surface area contributed by atoms with Crippen LogP contribution in [0.3, 0.4) is 0 Å². The van der Waals surface area contributed by atoms with Crippen LogP contribution in [-0.4, -0.2) is 25.7 Å². The normalized spacial score (nSPS) is 17.4. The molecule has 0 saturated carbocycles. The Balaban J connectivity index is 2.31. The van der Waals surface area contributed by atoms with Gasteiger partial charge >= 0.3 is 5.97 Å². The average molecular weight is 218 g/mol. The smallest absolute Gasteiger partial charge is 0.337 e. The molecule has 2 rings (SSSR count). The Morgan fingerprint density at radius 3 is 3.19 bits per heavy atom. The highest BCUT2D eigenvalue weighted by molar-refractivity contribution is 5.91. The molecular formula is C11H10N2O3. The van der Waals surface area contributed by atoms with Crippen molar-refractivity contribution in [3.8, 4) is 11.8 Å². The summed E-state index contributed by atoms with van der Waals surface area (Å²) in [4.78, 5) is 11.3. The van der Waals surface area contributed by atoms with Gasteiger partial charge in [-0.3, -0.25) is 0 Å². The first kappa shape index (κ1) is 10.3. The van der Waals surface area contributed by atoms with Gasteiger partial charge in [0.05, 0.1) is 24.4 Å². The number of nitrogens with zero attached hydrogens (tertiary/aromatic N) is 1. The molecule has 1 atom stereocenters. The standard InChI is InChI=1S/C11H10N2O3/c1-15-11(14)7-2-3-10-9(4-7)13-8(5-12)6-16-10/h2-4,8,13H,6H2,1H3. The van der Waals surface area contributed by atoms with Gasteiger partial charge in [0.25, 0.3) is 0 Å². The minimum Gasteiger partial charge on any atom is -0.488 e. The van der Waals surface area contributed by atoms with Gasteiger partial charge in [0.2, 0.25) is 0 Å². The number of nitrogens with one attached hydrogen (secondary N) is 1. The van der Waals surface area contributed by atoms with E-state index in [0.29, 0.717) is 23.6 Å². The maximum absolute atomic E-state index is 11.3. The SMILES string of the molecule is COC(=O)c1ccc2c(c1)NC(C#N)CO2. The summed E-state index contributed by atoms with van der Waals surface area (Å²) in [6.45, 7) is 0.307. The number of carbonyl (C=O) groups is 1. The number of ether oxygens (including phenoxy) is 2.